The van der Waals surface area contributed by atoms with Crippen molar-refractivity contribution in [2.75, 3.05) is 7.05 Å². The Kier molecular flexibility index (Phi) is 6.77. The molecule has 34 heavy (non-hydrogen) atoms. The summed E-state index contributed by atoms with van der Waals surface area (Å²) in [5.74, 6) is 1.41. The van der Waals surface area contributed by atoms with Crippen LogP contribution in [0.2, 0.25) is 0 Å². The number of aryl methyl sites for hydroxylation is 2. The van der Waals surface area contributed by atoms with Crippen LogP contribution in [0.15, 0.2) is 75.9 Å². The van der Waals surface area contributed by atoms with E-state index in [1.54, 1.807) is 29.0 Å². The Morgan fingerprint density at radius 2 is 1.97 bits per heavy atom. The molecular formula is C24H26N8O2. The van der Waals surface area contributed by atoms with Gasteiger partial charge in [0, 0.05) is 31.9 Å². The summed E-state index contributed by atoms with van der Waals surface area (Å²) < 4.78 is 13.1. The van der Waals surface area contributed by atoms with Crippen molar-refractivity contribution >= 4 is 0 Å². The van der Waals surface area contributed by atoms with Crippen LogP contribution in [0.1, 0.15) is 23.7 Å². The van der Waals surface area contributed by atoms with Crippen LogP contribution in [0.5, 0.6) is 5.88 Å². The third-order valence-corrected chi connectivity index (χ3v) is 4.95. The topological polar surface area (TPSA) is 107 Å². The summed E-state index contributed by atoms with van der Waals surface area (Å²) in [5.41, 5.74) is 5.17. The van der Waals surface area contributed by atoms with E-state index in [1.165, 1.54) is 0 Å². The Balaban J connectivity index is 1.46. The summed E-state index contributed by atoms with van der Waals surface area (Å²) in [7, 11) is 3.70. The quantitative estimate of drug-likeness (QED) is 0.263. The maximum absolute atomic E-state index is 5.83. The first-order chi connectivity index (χ1) is 16.4. The smallest absolute Gasteiger partial charge is 0.261 e. The fourth-order valence-corrected chi connectivity index (χ4v) is 3.15. The predicted octanol–water partition coefficient (Wildman–Crippen LogP) is 4.75. The Bertz CT molecular complexity index is 1290. The fraction of sp³-hybridized carbons (Fsp3) is 0.250. The van der Waals surface area contributed by atoms with Crippen LogP contribution < -0.4 is 4.74 Å². The van der Waals surface area contributed by atoms with E-state index in [4.69, 9.17) is 9.26 Å². The Labute approximate surface area is 197 Å². The fourth-order valence-electron chi connectivity index (χ4n) is 3.15. The number of nitrogens with zero attached hydrogens (tertiary/aromatic N) is 8. The molecule has 174 valence electrons. The van der Waals surface area contributed by atoms with Gasteiger partial charge < -0.3 is 9.26 Å². The van der Waals surface area contributed by atoms with Crippen LogP contribution in [0.25, 0.3) is 22.8 Å². The Hall–Kier alpha value is -4.34. The molecule has 0 aliphatic rings. The summed E-state index contributed by atoms with van der Waals surface area (Å²) in [6, 6.07) is 11.7. The summed E-state index contributed by atoms with van der Waals surface area (Å²) in [4.78, 5) is 8.85. The molecule has 0 unspecified atom stereocenters. The van der Waals surface area contributed by atoms with Gasteiger partial charge in [-0.15, -0.1) is 5.11 Å². The van der Waals surface area contributed by atoms with Crippen LogP contribution >= 0.6 is 0 Å². The van der Waals surface area contributed by atoms with E-state index in [2.05, 4.69) is 37.1 Å². The Morgan fingerprint density at radius 3 is 2.68 bits per heavy atom. The van der Waals surface area contributed by atoms with Gasteiger partial charge >= 0.3 is 0 Å². The molecule has 4 aromatic rings. The lowest BCUT2D eigenvalue weighted by atomic mass is 10.1. The normalized spacial score (nSPS) is 11.2. The largest absolute Gasteiger partial charge is 0.471 e. The number of allylic oxidation sites excluding steroid dienone is 1. The van der Waals surface area contributed by atoms with Crippen LogP contribution in [-0.4, -0.2) is 37.0 Å². The lowest BCUT2D eigenvalue weighted by molar-refractivity contribution is 0.283. The lowest BCUT2D eigenvalue weighted by Gasteiger charge is -2.11. The number of rotatable bonds is 9. The van der Waals surface area contributed by atoms with E-state index in [9.17, 15) is 0 Å². The van der Waals surface area contributed by atoms with E-state index in [1.807, 2.05) is 57.4 Å². The molecule has 0 aliphatic carbocycles. The molecule has 0 atom stereocenters. The molecule has 1 aromatic carbocycles. The van der Waals surface area contributed by atoms with Gasteiger partial charge in [0.2, 0.25) is 11.7 Å². The van der Waals surface area contributed by atoms with Crippen molar-refractivity contribution in [3.8, 4) is 28.7 Å². The van der Waals surface area contributed by atoms with Crippen molar-refractivity contribution in [2.45, 2.75) is 27.0 Å². The molecule has 10 heteroatoms. The molecule has 4 rings (SSSR count). The van der Waals surface area contributed by atoms with Gasteiger partial charge in [-0.3, -0.25) is 9.69 Å². The molecule has 0 aliphatic heterocycles. The third kappa shape index (κ3) is 5.52. The van der Waals surface area contributed by atoms with Crippen molar-refractivity contribution in [2.24, 2.45) is 17.4 Å². The number of pyridine rings is 1. The lowest BCUT2D eigenvalue weighted by Crippen LogP contribution is -2.09. The molecular weight excluding hydrogens is 432 g/mol. The van der Waals surface area contributed by atoms with Gasteiger partial charge in [-0.05, 0) is 25.0 Å². The molecule has 0 saturated carbocycles. The summed E-state index contributed by atoms with van der Waals surface area (Å²) >= 11 is 0. The minimum Gasteiger partial charge on any atom is -0.471 e. The number of aromatic nitrogens is 5. The molecule has 0 spiro atoms. The Morgan fingerprint density at radius 1 is 1.18 bits per heavy atom. The van der Waals surface area contributed by atoms with E-state index in [0.717, 1.165) is 27.9 Å². The zero-order valence-corrected chi connectivity index (χ0v) is 19.6. The highest BCUT2D eigenvalue weighted by atomic mass is 16.5. The van der Waals surface area contributed by atoms with Crippen LogP contribution in [0, 0.1) is 6.92 Å². The van der Waals surface area contributed by atoms with Gasteiger partial charge in [-0.1, -0.05) is 47.3 Å². The summed E-state index contributed by atoms with van der Waals surface area (Å²) in [5, 5.41) is 18.3. The second-order valence-corrected chi connectivity index (χ2v) is 7.95. The first-order valence-electron chi connectivity index (χ1n) is 10.7. The SMILES string of the molecule is C=C(C)N=NN(C)Cc1ccc(-c2noc(-c3cnn(C)c3COc3ccc(C)cn3)n2)cc1. The maximum Gasteiger partial charge on any atom is 0.261 e. The van der Waals surface area contributed by atoms with Crippen molar-refractivity contribution in [1.29, 1.82) is 0 Å². The number of benzene rings is 1. The van der Waals surface area contributed by atoms with Crippen LogP contribution in [0.3, 0.4) is 0 Å². The molecule has 0 radical (unpaired) electrons. The number of hydrogen-bond acceptors (Lipinski definition) is 8. The first-order valence-corrected chi connectivity index (χ1v) is 10.7. The molecule has 0 bridgehead atoms. The average Bonchev–Trinajstić information content (AvgIpc) is 3.45. The molecule has 3 heterocycles. The van der Waals surface area contributed by atoms with E-state index in [-0.39, 0.29) is 6.61 Å². The predicted molar refractivity (Wildman–Crippen MR) is 126 cm³/mol. The summed E-state index contributed by atoms with van der Waals surface area (Å²) in [6.07, 6.45) is 3.45. The zero-order valence-electron chi connectivity index (χ0n) is 19.6. The molecule has 0 saturated heterocycles. The second kappa shape index (κ2) is 10.1. The highest BCUT2D eigenvalue weighted by Crippen LogP contribution is 2.26. The number of hydrogen-bond donors (Lipinski definition) is 0. The van der Waals surface area contributed by atoms with Gasteiger partial charge in [0.1, 0.15) is 6.61 Å². The van der Waals surface area contributed by atoms with Crippen molar-refractivity contribution in [3.63, 3.8) is 0 Å². The van der Waals surface area contributed by atoms with Crippen LogP contribution in [-0.2, 0) is 20.2 Å². The van der Waals surface area contributed by atoms with Gasteiger partial charge in [-0.2, -0.15) is 10.1 Å². The molecule has 10 nitrogen and oxygen atoms in total. The van der Waals surface area contributed by atoms with Gasteiger partial charge in [0.25, 0.3) is 5.89 Å². The molecule has 0 amide bonds. The van der Waals surface area contributed by atoms with Crippen molar-refractivity contribution in [3.05, 3.63) is 77.9 Å². The molecule has 0 N–H and O–H groups in total. The number of ether oxygens (including phenoxy) is 1. The van der Waals surface area contributed by atoms with E-state index in [0.29, 0.717) is 29.8 Å². The third-order valence-electron chi connectivity index (χ3n) is 4.95. The van der Waals surface area contributed by atoms with Crippen LogP contribution in [0.4, 0.5) is 0 Å². The van der Waals surface area contributed by atoms with E-state index < -0.39 is 0 Å². The summed E-state index contributed by atoms with van der Waals surface area (Å²) in [6.45, 7) is 8.37. The minimum absolute atomic E-state index is 0.268. The van der Waals surface area contributed by atoms with Gasteiger partial charge in [0.15, 0.2) is 0 Å². The van der Waals surface area contributed by atoms with Gasteiger partial charge in [0.05, 0.1) is 29.7 Å². The van der Waals surface area contributed by atoms with Crippen molar-refractivity contribution in [1.82, 2.24) is 29.9 Å². The van der Waals surface area contributed by atoms with Crippen molar-refractivity contribution < 1.29 is 9.26 Å². The monoisotopic (exact) mass is 458 g/mol. The molecule has 0 fully saturated rings. The zero-order chi connectivity index (χ0) is 24.1. The average molecular weight is 459 g/mol. The molecule has 3 aromatic heterocycles. The van der Waals surface area contributed by atoms with E-state index >= 15 is 0 Å². The first kappa shape index (κ1) is 22.8. The highest BCUT2D eigenvalue weighted by molar-refractivity contribution is 5.61. The minimum atomic E-state index is 0.268. The second-order valence-electron chi connectivity index (χ2n) is 7.95. The van der Waals surface area contributed by atoms with Gasteiger partial charge in [-0.25, -0.2) is 4.98 Å². The standard InChI is InChI=1S/C24H26N8O2/c1-16(2)28-30-31(4)14-18-7-9-19(10-8-18)23-27-24(34-29-23)20-13-26-32(5)21(20)15-33-22-11-6-17(3)12-25-22/h6-13H,1,14-15H2,2-5H3. The maximum atomic E-state index is 5.83. The highest BCUT2D eigenvalue weighted by Gasteiger charge is 2.18.